The van der Waals surface area contributed by atoms with E-state index in [0.29, 0.717) is 15.2 Å². The molecule has 25 heavy (non-hydrogen) atoms. The van der Waals surface area contributed by atoms with Gasteiger partial charge in [0, 0.05) is 5.54 Å². The van der Waals surface area contributed by atoms with E-state index >= 15 is 0 Å². The fourth-order valence-corrected chi connectivity index (χ4v) is 3.22. The summed E-state index contributed by atoms with van der Waals surface area (Å²) in [5, 5.41) is 15.9. The highest BCUT2D eigenvalue weighted by Gasteiger charge is 2.16. The number of anilines is 2. The zero-order chi connectivity index (χ0) is 18.4. The first kappa shape index (κ1) is 19.1. The van der Waals surface area contributed by atoms with Crippen LogP contribution >= 0.6 is 23.1 Å². The summed E-state index contributed by atoms with van der Waals surface area (Å²) in [6.07, 6.45) is 0. The largest absolute Gasteiger partial charge is 0.333 e. The van der Waals surface area contributed by atoms with E-state index in [0.717, 1.165) is 11.8 Å². The monoisotopic (exact) mass is 383 g/mol. The van der Waals surface area contributed by atoms with Crippen molar-refractivity contribution in [1.29, 1.82) is 0 Å². The number of hydrogen-bond acceptors (Lipinski definition) is 7. The second-order valence-electron chi connectivity index (χ2n) is 6.02. The van der Waals surface area contributed by atoms with Crippen LogP contribution in [-0.4, -0.2) is 33.4 Å². The standard InChI is InChI=1S/C15H18FN5O2S2/c1-15(2,3)19-12(23)18-11(22)8-24-14-21-20-13(25-14)17-10-7-5-4-6-9(10)16/h4-7H,8H2,1-3H3,(H,17,20)(H2,18,19,22,23). The lowest BCUT2D eigenvalue weighted by molar-refractivity contribution is -0.117. The summed E-state index contributed by atoms with van der Waals surface area (Å²) < 4.78 is 14.1. The Balaban J connectivity index is 1.82. The molecule has 7 nitrogen and oxygen atoms in total. The van der Waals surface area contributed by atoms with Crippen LogP contribution in [0.1, 0.15) is 20.8 Å². The highest BCUT2D eigenvalue weighted by molar-refractivity contribution is 8.01. The highest BCUT2D eigenvalue weighted by atomic mass is 32.2. The molecule has 0 atom stereocenters. The number of carbonyl (C=O) groups is 2. The molecular formula is C15H18FN5O2S2. The van der Waals surface area contributed by atoms with Crippen molar-refractivity contribution in [3.63, 3.8) is 0 Å². The number of carbonyl (C=O) groups excluding carboxylic acids is 2. The molecule has 0 aliphatic heterocycles. The molecule has 0 aliphatic rings. The predicted octanol–water partition coefficient (Wildman–Crippen LogP) is 3.14. The van der Waals surface area contributed by atoms with E-state index in [4.69, 9.17) is 0 Å². The molecule has 2 aromatic rings. The van der Waals surface area contributed by atoms with Crippen molar-refractivity contribution in [1.82, 2.24) is 20.8 Å². The minimum atomic E-state index is -0.544. The van der Waals surface area contributed by atoms with Gasteiger partial charge in [0.1, 0.15) is 5.82 Å². The topological polar surface area (TPSA) is 96.0 Å². The van der Waals surface area contributed by atoms with Crippen LogP contribution in [0.25, 0.3) is 0 Å². The predicted molar refractivity (Wildman–Crippen MR) is 96.7 cm³/mol. The van der Waals surface area contributed by atoms with Gasteiger partial charge in [-0.05, 0) is 32.9 Å². The molecule has 0 saturated carbocycles. The summed E-state index contributed by atoms with van der Waals surface area (Å²) in [6, 6.07) is 5.68. The van der Waals surface area contributed by atoms with Crippen LogP contribution in [0.15, 0.2) is 28.6 Å². The number of hydrogen-bond donors (Lipinski definition) is 3. The van der Waals surface area contributed by atoms with E-state index in [9.17, 15) is 14.0 Å². The van der Waals surface area contributed by atoms with Crippen LogP contribution in [0.3, 0.4) is 0 Å². The number of nitrogens with one attached hydrogen (secondary N) is 3. The number of thioether (sulfide) groups is 1. The number of para-hydroxylation sites is 1. The number of urea groups is 1. The summed E-state index contributed by atoms with van der Waals surface area (Å²) in [5.74, 6) is -0.812. The van der Waals surface area contributed by atoms with E-state index in [1.54, 1.807) is 18.2 Å². The molecule has 0 unspecified atom stereocenters. The molecule has 134 valence electrons. The molecule has 1 aromatic heterocycles. The van der Waals surface area contributed by atoms with Gasteiger partial charge in [-0.3, -0.25) is 10.1 Å². The van der Waals surface area contributed by atoms with Crippen molar-refractivity contribution in [3.05, 3.63) is 30.1 Å². The van der Waals surface area contributed by atoms with E-state index in [1.807, 2.05) is 20.8 Å². The molecular weight excluding hydrogens is 365 g/mol. The van der Waals surface area contributed by atoms with Gasteiger partial charge < -0.3 is 10.6 Å². The van der Waals surface area contributed by atoms with E-state index in [2.05, 4.69) is 26.1 Å². The van der Waals surface area contributed by atoms with Gasteiger partial charge in [-0.15, -0.1) is 10.2 Å². The molecule has 0 aliphatic carbocycles. The van der Waals surface area contributed by atoms with Crippen molar-refractivity contribution in [2.75, 3.05) is 11.1 Å². The first-order valence-electron chi connectivity index (χ1n) is 7.33. The average molecular weight is 383 g/mol. The Bertz CT molecular complexity index is 760. The van der Waals surface area contributed by atoms with Gasteiger partial charge in [0.15, 0.2) is 4.34 Å². The van der Waals surface area contributed by atoms with Crippen molar-refractivity contribution in [2.45, 2.75) is 30.6 Å². The highest BCUT2D eigenvalue weighted by Crippen LogP contribution is 2.28. The molecule has 0 bridgehead atoms. The van der Waals surface area contributed by atoms with Crippen LogP contribution in [0, 0.1) is 5.82 Å². The summed E-state index contributed by atoms with van der Waals surface area (Å²) in [4.78, 5) is 23.4. The van der Waals surface area contributed by atoms with Crippen LogP contribution < -0.4 is 16.0 Å². The zero-order valence-electron chi connectivity index (χ0n) is 13.9. The maximum absolute atomic E-state index is 13.6. The molecule has 0 radical (unpaired) electrons. The molecule has 1 heterocycles. The molecule has 0 spiro atoms. The quantitative estimate of drug-likeness (QED) is 0.687. The second-order valence-corrected chi connectivity index (χ2v) is 8.22. The minimum Gasteiger partial charge on any atom is -0.333 e. The Morgan fingerprint density at radius 3 is 2.64 bits per heavy atom. The van der Waals surface area contributed by atoms with E-state index in [1.165, 1.54) is 17.4 Å². The van der Waals surface area contributed by atoms with Crippen LogP contribution in [0.2, 0.25) is 0 Å². The van der Waals surface area contributed by atoms with Gasteiger partial charge in [0.05, 0.1) is 11.4 Å². The Labute approximate surface area is 152 Å². The lowest BCUT2D eigenvalue weighted by Crippen LogP contribution is -2.48. The molecule has 2 rings (SSSR count). The molecule has 0 saturated heterocycles. The van der Waals surface area contributed by atoms with Gasteiger partial charge in [-0.1, -0.05) is 35.2 Å². The lowest BCUT2D eigenvalue weighted by atomic mass is 10.1. The molecule has 0 fully saturated rings. The van der Waals surface area contributed by atoms with Gasteiger partial charge in [-0.2, -0.15) is 0 Å². The van der Waals surface area contributed by atoms with Gasteiger partial charge >= 0.3 is 6.03 Å². The third-order valence-electron chi connectivity index (χ3n) is 2.59. The van der Waals surface area contributed by atoms with Crippen LogP contribution in [0.4, 0.5) is 20.0 Å². The summed E-state index contributed by atoms with van der Waals surface area (Å²) in [5.41, 5.74) is -0.129. The Morgan fingerprint density at radius 1 is 1.24 bits per heavy atom. The minimum absolute atomic E-state index is 0.0197. The smallest absolute Gasteiger partial charge is 0.321 e. The van der Waals surface area contributed by atoms with E-state index in [-0.39, 0.29) is 5.75 Å². The number of halogens is 1. The van der Waals surface area contributed by atoms with Gasteiger partial charge in [-0.25, -0.2) is 9.18 Å². The first-order valence-corrected chi connectivity index (χ1v) is 9.13. The number of aromatic nitrogens is 2. The fourth-order valence-electron chi connectivity index (χ4n) is 1.66. The van der Waals surface area contributed by atoms with Crippen molar-refractivity contribution in [2.24, 2.45) is 0 Å². The number of benzene rings is 1. The number of rotatable bonds is 5. The van der Waals surface area contributed by atoms with E-state index < -0.39 is 23.3 Å². The fraction of sp³-hybridized carbons (Fsp3) is 0.333. The Morgan fingerprint density at radius 2 is 1.96 bits per heavy atom. The van der Waals surface area contributed by atoms with Gasteiger partial charge in [0.2, 0.25) is 11.0 Å². The zero-order valence-corrected chi connectivity index (χ0v) is 15.6. The summed E-state index contributed by atoms with van der Waals surface area (Å²) >= 11 is 2.33. The molecule has 3 N–H and O–H groups in total. The Kier molecular flexibility index (Phi) is 6.32. The van der Waals surface area contributed by atoms with Crippen molar-refractivity contribution < 1.29 is 14.0 Å². The van der Waals surface area contributed by atoms with Crippen LogP contribution in [0.5, 0.6) is 0 Å². The average Bonchev–Trinajstić information content (AvgIpc) is 2.93. The lowest BCUT2D eigenvalue weighted by Gasteiger charge is -2.20. The SMILES string of the molecule is CC(C)(C)NC(=O)NC(=O)CSc1nnc(Nc2ccccc2F)s1. The summed E-state index contributed by atoms with van der Waals surface area (Å²) in [6.45, 7) is 5.45. The van der Waals surface area contributed by atoms with Gasteiger partial charge in [0.25, 0.3) is 0 Å². The Hall–Kier alpha value is -2.20. The number of nitrogens with zero attached hydrogens (tertiary/aromatic N) is 2. The number of imide groups is 1. The van der Waals surface area contributed by atoms with Crippen LogP contribution in [-0.2, 0) is 4.79 Å². The maximum Gasteiger partial charge on any atom is 0.321 e. The third-order valence-corrected chi connectivity index (χ3v) is 4.56. The van der Waals surface area contributed by atoms with Crippen molar-refractivity contribution in [3.8, 4) is 0 Å². The molecule has 1 aromatic carbocycles. The maximum atomic E-state index is 13.6. The number of amides is 3. The molecule has 10 heteroatoms. The normalized spacial score (nSPS) is 11.0. The third kappa shape index (κ3) is 6.67. The first-order chi connectivity index (χ1) is 11.7. The molecule has 3 amide bonds. The summed E-state index contributed by atoms with van der Waals surface area (Å²) in [7, 11) is 0. The second kappa shape index (κ2) is 8.26. The van der Waals surface area contributed by atoms with Crippen molar-refractivity contribution >= 4 is 45.9 Å².